The van der Waals surface area contributed by atoms with Gasteiger partial charge in [0.2, 0.25) is 0 Å². The third-order valence-corrected chi connectivity index (χ3v) is 1.85. The second kappa shape index (κ2) is 5.38. The summed E-state index contributed by atoms with van der Waals surface area (Å²) < 4.78 is 0. The standard InChI is InChI=1S/C6H13Si.K/c1-5-6-7(2,3)4;/h5-6H,1H2,2-4H3;/q;+1. The van der Waals surface area contributed by atoms with E-state index >= 15 is 0 Å². The number of allylic oxidation sites excluding steroid dienone is 1. The molecule has 0 fully saturated rings. The third-order valence-electron chi connectivity index (χ3n) is 0.618. The van der Waals surface area contributed by atoms with Gasteiger partial charge in [0.05, 0.1) is 8.07 Å². The Morgan fingerprint density at radius 3 is 1.62 bits per heavy atom. The van der Waals surface area contributed by atoms with Crippen molar-refractivity contribution in [1.29, 1.82) is 0 Å². The average molecular weight is 152 g/mol. The van der Waals surface area contributed by atoms with Crippen LogP contribution in [0.4, 0.5) is 0 Å². The monoisotopic (exact) mass is 152 g/mol. The van der Waals surface area contributed by atoms with Gasteiger partial charge in [0, 0.05) is 0 Å². The van der Waals surface area contributed by atoms with Crippen LogP contribution in [0.2, 0.25) is 19.6 Å². The van der Waals surface area contributed by atoms with Crippen molar-refractivity contribution < 1.29 is 51.4 Å². The van der Waals surface area contributed by atoms with Crippen LogP contribution in [0.3, 0.4) is 0 Å². The number of hydrogen-bond acceptors (Lipinski definition) is 0. The van der Waals surface area contributed by atoms with Crippen LogP contribution in [-0.4, -0.2) is 8.07 Å². The Kier molecular flexibility index (Phi) is 8.27. The SMILES string of the molecule is C=C[CH][Si](C)(C)C.[K+]. The van der Waals surface area contributed by atoms with Gasteiger partial charge in [-0.2, -0.15) is 0 Å². The molecular formula is C6H13KSi+. The maximum Gasteiger partial charge on any atom is 1.00 e. The van der Waals surface area contributed by atoms with Crippen LogP contribution in [0.15, 0.2) is 12.7 Å². The molecule has 0 aromatic carbocycles. The molecule has 0 heterocycles. The molecule has 0 rings (SSSR count). The zero-order valence-electron chi connectivity index (χ0n) is 6.36. The van der Waals surface area contributed by atoms with Crippen molar-refractivity contribution in [2.45, 2.75) is 19.6 Å². The summed E-state index contributed by atoms with van der Waals surface area (Å²) in [4.78, 5) is 0. The third kappa shape index (κ3) is 10.6. The number of rotatable bonds is 2. The first kappa shape index (κ1) is 12.3. The van der Waals surface area contributed by atoms with E-state index < -0.39 is 8.07 Å². The summed E-state index contributed by atoms with van der Waals surface area (Å²) in [6.45, 7) is 10.5. The molecule has 0 aliphatic rings. The molecule has 0 amide bonds. The van der Waals surface area contributed by atoms with Crippen molar-refractivity contribution in [3.8, 4) is 0 Å². The van der Waals surface area contributed by atoms with Gasteiger partial charge in [-0.3, -0.25) is 0 Å². The summed E-state index contributed by atoms with van der Waals surface area (Å²) in [5.41, 5.74) is 0. The van der Waals surface area contributed by atoms with Crippen molar-refractivity contribution in [3.05, 3.63) is 18.7 Å². The van der Waals surface area contributed by atoms with Gasteiger partial charge in [-0.1, -0.05) is 25.7 Å². The van der Waals surface area contributed by atoms with E-state index in [1.807, 2.05) is 6.08 Å². The first-order valence-corrected chi connectivity index (χ1v) is 6.11. The zero-order valence-corrected chi connectivity index (χ0v) is 10.5. The van der Waals surface area contributed by atoms with Crippen LogP contribution in [0.1, 0.15) is 0 Å². The molecule has 0 aliphatic heterocycles. The maximum absolute atomic E-state index is 3.63. The normalized spacial score (nSPS) is 9.88. The molecule has 0 nitrogen and oxygen atoms in total. The summed E-state index contributed by atoms with van der Waals surface area (Å²) in [6.07, 6.45) is 1.90. The quantitative estimate of drug-likeness (QED) is 0.457. The van der Waals surface area contributed by atoms with Crippen LogP contribution >= 0.6 is 0 Å². The van der Waals surface area contributed by atoms with Crippen LogP contribution in [0.5, 0.6) is 0 Å². The molecule has 0 N–H and O–H groups in total. The van der Waals surface area contributed by atoms with E-state index in [9.17, 15) is 0 Å². The van der Waals surface area contributed by atoms with E-state index in [2.05, 4.69) is 32.3 Å². The molecular weight excluding hydrogens is 139 g/mol. The Hall–Kier alpha value is 1.59. The predicted molar refractivity (Wildman–Crippen MR) is 37.8 cm³/mol. The van der Waals surface area contributed by atoms with Crippen LogP contribution < -0.4 is 51.4 Å². The second-order valence-electron chi connectivity index (χ2n) is 2.77. The molecule has 1 radical (unpaired) electrons. The fraction of sp³-hybridized carbons (Fsp3) is 0.500. The Labute approximate surface area is 96.2 Å². The Balaban J connectivity index is 0. The van der Waals surface area contributed by atoms with Gasteiger partial charge in [-0.25, -0.2) is 0 Å². The van der Waals surface area contributed by atoms with Crippen molar-refractivity contribution in [2.24, 2.45) is 0 Å². The second-order valence-corrected chi connectivity index (χ2v) is 7.83. The summed E-state index contributed by atoms with van der Waals surface area (Å²) in [6, 6.07) is 2.22. The van der Waals surface area contributed by atoms with Gasteiger partial charge < -0.3 is 0 Å². The van der Waals surface area contributed by atoms with Crippen molar-refractivity contribution in [3.63, 3.8) is 0 Å². The Morgan fingerprint density at radius 2 is 1.62 bits per heavy atom. The summed E-state index contributed by atoms with van der Waals surface area (Å²) in [5, 5.41) is 0. The van der Waals surface area contributed by atoms with E-state index in [4.69, 9.17) is 0 Å². The number of hydrogen-bond donors (Lipinski definition) is 0. The summed E-state index contributed by atoms with van der Waals surface area (Å²) >= 11 is 0. The van der Waals surface area contributed by atoms with Crippen molar-refractivity contribution in [2.75, 3.05) is 0 Å². The van der Waals surface area contributed by atoms with Gasteiger partial charge in [0.25, 0.3) is 0 Å². The van der Waals surface area contributed by atoms with Gasteiger partial charge in [-0.15, -0.1) is 6.58 Å². The Morgan fingerprint density at radius 1 is 1.25 bits per heavy atom. The molecule has 0 saturated carbocycles. The molecule has 8 heavy (non-hydrogen) atoms. The topological polar surface area (TPSA) is 0 Å². The Bertz CT molecular complexity index is 63.4. The molecule has 0 aromatic heterocycles. The summed E-state index contributed by atoms with van der Waals surface area (Å²) in [7, 11) is -0.900. The molecule has 41 valence electrons. The van der Waals surface area contributed by atoms with E-state index in [1.54, 1.807) is 0 Å². The largest absolute Gasteiger partial charge is 1.00 e. The van der Waals surface area contributed by atoms with Crippen molar-refractivity contribution >= 4 is 8.07 Å². The zero-order chi connectivity index (χ0) is 5.91. The van der Waals surface area contributed by atoms with E-state index in [0.29, 0.717) is 0 Å². The van der Waals surface area contributed by atoms with Crippen LogP contribution in [0, 0.1) is 6.04 Å². The van der Waals surface area contributed by atoms with Gasteiger partial charge in [0.1, 0.15) is 0 Å². The molecule has 0 spiro atoms. The molecule has 0 bridgehead atoms. The first-order chi connectivity index (χ1) is 3.06. The fourth-order valence-electron chi connectivity index (χ4n) is 0.354. The van der Waals surface area contributed by atoms with E-state index in [0.717, 1.165) is 0 Å². The minimum atomic E-state index is -0.900. The molecule has 0 atom stereocenters. The van der Waals surface area contributed by atoms with Crippen LogP contribution in [0.25, 0.3) is 0 Å². The first-order valence-electron chi connectivity index (χ1n) is 2.53. The fourth-order valence-corrected chi connectivity index (χ4v) is 1.06. The van der Waals surface area contributed by atoms with Crippen molar-refractivity contribution in [1.82, 2.24) is 0 Å². The van der Waals surface area contributed by atoms with Gasteiger partial charge in [-0.05, 0) is 6.04 Å². The molecule has 0 saturated heterocycles. The molecule has 2 heteroatoms. The van der Waals surface area contributed by atoms with Crippen LogP contribution in [-0.2, 0) is 0 Å². The molecule has 0 aromatic rings. The summed E-state index contributed by atoms with van der Waals surface area (Å²) in [5.74, 6) is 0. The predicted octanol–water partition coefficient (Wildman–Crippen LogP) is -0.742. The molecule has 0 aliphatic carbocycles. The maximum atomic E-state index is 3.63. The minimum absolute atomic E-state index is 0. The van der Waals surface area contributed by atoms with Gasteiger partial charge >= 0.3 is 51.4 Å². The molecule has 0 unspecified atom stereocenters. The van der Waals surface area contributed by atoms with E-state index in [1.165, 1.54) is 0 Å². The van der Waals surface area contributed by atoms with E-state index in [-0.39, 0.29) is 51.4 Å². The minimum Gasteiger partial charge on any atom is -0.103 e. The van der Waals surface area contributed by atoms with Gasteiger partial charge in [0.15, 0.2) is 0 Å². The smallest absolute Gasteiger partial charge is 0.103 e. The average Bonchev–Trinajstić information content (AvgIpc) is 1.30.